The first-order valence-corrected chi connectivity index (χ1v) is 8.99. The van der Waals surface area contributed by atoms with Gasteiger partial charge in [-0.2, -0.15) is 0 Å². The van der Waals surface area contributed by atoms with Crippen LogP contribution in [0.15, 0.2) is 48.5 Å². The molecule has 29 heavy (non-hydrogen) atoms. The number of carbonyl (C=O) groups excluding carboxylic acids is 3. The van der Waals surface area contributed by atoms with Gasteiger partial charge in [0.05, 0.1) is 0 Å². The van der Waals surface area contributed by atoms with Gasteiger partial charge in [-0.05, 0) is 29.8 Å². The number of nitrogens with one attached hydrogen (secondary N) is 2. The Morgan fingerprint density at radius 3 is 2.62 bits per heavy atom. The second-order valence-corrected chi connectivity index (χ2v) is 6.23. The zero-order valence-corrected chi connectivity index (χ0v) is 15.9. The van der Waals surface area contributed by atoms with Crippen molar-refractivity contribution >= 4 is 41.3 Å². The van der Waals surface area contributed by atoms with E-state index in [0.717, 1.165) is 6.08 Å². The molecule has 0 saturated heterocycles. The first-order valence-electron chi connectivity index (χ1n) is 8.61. The number of fused-ring (bicyclic) bond motifs is 1. The second kappa shape index (κ2) is 9.61. The summed E-state index contributed by atoms with van der Waals surface area (Å²) in [6.45, 7) is 0.263. The van der Waals surface area contributed by atoms with Gasteiger partial charge >= 0.3 is 12.0 Å². The summed E-state index contributed by atoms with van der Waals surface area (Å²) in [7, 11) is 0. The summed E-state index contributed by atoms with van der Waals surface area (Å²) >= 11 is 5.97. The van der Waals surface area contributed by atoms with Gasteiger partial charge in [-0.15, -0.1) is 0 Å². The van der Waals surface area contributed by atoms with Crippen molar-refractivity contribution in [3.05, 3.63) is 59.1 Å². The normalized spacial score (nSPS) is 12.3. The van der Waals surface area contributed by atoms with Crippen molar-refractivity contribution in [3.63, 3.8) is 0 Å². The van der Waals surface area contributed by atoms with E-state index in [2.05, 4.69) is 10.6 Å². The number of anilines is 1. The lowest BCUT2D eigenvalue weighted by Crippen LogP contribution is -2.37. The Labute approximate surface area is 171 Å². The molecule has 9 heteroatoms. The van der Waals surface area contributed by atoms with Crippen LogP contribution in [0.25, 0.3) is 6.08 Å². The van der Waals surface area contributed by atoms with E-state index in [9.17, 15) is 14.4 Å². The Morgan fingerprint density at radius 2 is 1.83 bits per heavy atom. The van der Waals surface area contributed by atoms with Crippen LogP contribution in [0, 0.1) is 0 Å². The van der Waals surface area contributed by atoms with Crippen molar-refractivity contribution in [3.8, 4) is 11.5 Å². The number of esters is 1. The molecule has 1 aliphatic heterocycles. The average Bonchev–Trinajstić information content (AvgIpc) is 2.71. The first-order chi connectivity index (χ1) is 14.0. The maximum atomic E-state index is 11.9. The Hall–Kier alpha value is -3.52. The van der Waals surface area contributed by atoms with Crippen LogP contribution in [-0.2, 0) is 14.3 Å². The number of amides is 3. The van der Waals surface area contributed by atoms with Crippen LogP contribution in [0.3, 0.4) is 0 Å². The molecule has 0 spiro atoms. The van der Waals surface area contributed by atoms with Gasteiger partial charge in [-0.3, -0.25) is 10.1 Å². The summed E-state index contributed by atoms with van der Waals surface area (Å²) in [5, 5.41) is 5.03. The largest absolute Gasteiger partial charge is 0.486 e. The molecular weight excluding hydrogens is 400 g/mol. The van der Waals surface area contributed by atoms with Gasteiger partial charge in [0.2, 0.25) is 0 Å². The monoisotopic (exact) mass is 416 g/mol. The Morgan fingerprint density at radius 1 is 1.07 bits per heavy atom. The SMILES string of the molecule is O=C(COC(=O)/C=C\c1ccccc1Cl)NC(=O)Nc1ccc2c(c1)OCCO2. The summed E-state index contributed by atoms with van der Waals surface area (Å²) in [5.74, 6) is -0.443. The number of hydrogen-bond acceptors (Lipinski definition) is 6. The van der Waals surface area contributed by atoms with Gasteiger partial charge in [0, 0.05) is 22.9 Å². The molecule has 2 N–H and O–H groups in total. The zero-order chi connectivity index (χ0) is 20.6. The number of urea groups is 1. The number of rotatable bonds is 5. The lowest BCUT2D eigenvalue weighted by molar-refractivity contribution is -0.143. The van der Waals surface area contributed by atoms with E-state index in [1.54, 1.807) is 42.5 Å². The molecule has 0 radical (unpaired) electrons. The quantitative estimate of drug-likeness (QED) is 0.573. The van der Waals surface area contributed by atoms with Gasteiger partial charge in [0.15, 0.2) is 18.1 Å². The molecular formula is C20H17ClN2O6. The fourth-order valence-electron chi connectivity index (χ4n) is 2.40. The molecule has 0 unspecified atom stereocenters. The molecule has 150 valence electrons. The van der Waals surface area contributed by atoms with E-state index in [1.807, 2.05) is 0 Å². The summed E-state index contributed by atoms with van der Waals surface area (Å²) in [5.41, 5.74) is 1.05. The Bertz CT molecular complexity index is 960. The molecule has 0 aliphatic carbocycles. The van der Waals surface area contributed by atoms with E-state index in [0.29, 0.717) is 41.0 Å². The smallest absolute Gasteiger partial charge is 0.331 e. The highest BCUT2D eigenvalue weighted by molar-refractivity contribution is 6.32. The molecule has 3 amide bonds. The fraction of sp³-hybridized carbons (Fsp3) is 0.150. The van der Waals surface area contributed by atoms with Gasteiger partial charge < -0.3 is 19.5 Å². The van der Waals surface area contributed by atoms with Crippen molar-refractivity contribution in [1.29, 1.82) is 0 Å². The predicted molar refractivity (Wildman–Crippen MR) is 106 cm³/mol. The van der Waals surface area contributed by atoms with E-state index in [4.69, 9.17) is 25.8 Å². The van der Waals surface area contributed by atoms with E-state index in [-0.39, 0.29) is 0 Å². The summed E-state index contributed by atoms with van der Waals surface area (Å²) in [6, 6.07) is 11.0. The molecule has 0 bridgehead atoms. The third kappa shape index (κ3) is 5.98. The number of hydrogen-bond donors (Lipinski definition) is 2. The number of imide groups is 1. The maximum absolute atomic E-state index is 11.9. The Balaban J connectivity index is 1.43. The third-order valence-electron chi connectivity index (χ3n) is 3.70. The summed E-state index contributed by atoms with van der Waals surface area (Å²) in [6.07, 6.45) is 2.61. The molecule has 0 aromatic heterocycles. The van der Waals surface area contributed by atoms with Crippen LogP contribution in [0.1, 0.15) is 5.56 Å². The zero-order valence-electron chi connectivity index (χ0n) is 15.1. The molecule has 0 fully saturated rings. The van der Waals surface area contributed by atoms with Crippen molar-refractivity contribution < 1.29 is 28.6 Å². The highest BCUT2D eigenvalue weighted by Gasteiger charge is 2.14. The minimum Gasteiger partial charge on any atom is -0.486 e. The average molecular weight is 417 g/mol. The highest BCUT2D eigenvalue weighted by atomic mass is 35.5. The standard InChI is InChI=1S/C20H17ClN2O6/c21-15-4-2-1-3-13(15)5-8-19(25)29-12-18(24)23-20(26)22-14-6-7-16-17(11-14)28-10-9-27-16/h1-8,11H,9-10,12H2,(H2,22,23,24,26)/b8-5-. The molecule has 1 aliphatic rings. The van der Waals surface area contributed by atoms with Gasteiger partial charge in [-0.1, -0.05) is 29.8 Å². The van der Waals surface area contributed by atoms with Gasteiger partial charge in [0.25, 0.3) is 5.91 Å². The van der Waals surface area contributed by atoms with Crippen LogP contribution in [0.2, 0.25) is 5.02 Å². The number of halogens is 1. The second-order valence-electron chi connectivity index (χ2n) is 5.82. The first kappa shape index (κ1) is 20.2. The Kier molecular flexibility index (Phi) is 6.70. The van der Waals surface area contributed by atoms with Crippen LogP contribution >= 0.6 is 11.6 Å². The third-order valence-corrected chi connectivity index (χ3v) is 4.05. The minimum atomic E-state index is -0.778. The number of carbonyl (C=O) groups is 3. The van der Waals surface area contributed by atoms with Crippen molar-refractivity contribution in [2.24, 2.45) is 0 Å². The predicted octanol–water partition coefficient (Wildman–Crippen LogP) is 3.02. The summed E-state index contributed by atoms with van der Waals surface area (Å²) in [4.78, 5) is 35.4. The van der Waals surface area contributed by atoms with Gasteiger partial charge in [0.1, 0.15) is 13.2 Å². The van der Waals surface area contributed by atoms with Crippen LogP contribution in [-0.4, -0.2) is 37.7 Å². The number of ether oxygens (including phenoxy) is 3. The van der Waals surface area contributed by atoms with E-state index in [1.165, 1.54) is 6.08 Å². The van der Waals surface area contributed by atoms with Crippen molar-refractivity contribution in [1.82, 2.24) is 5.32 Å². The minimum absolute atomic E-state index is 0.414. The molecule has 0 saturated carbocycles. The lowest BCUT2D eigenvalue weighted by Gasteiger charge is -2.19. The number of benzene rings is 2. The molecule has 0 atom stereocenters. The van der Waals surface area contributed by atoms with Crippen LogP contribution in [0.4, 0.5) is 10.5 Å². The van der Waals surface area contributed by atoms with Crippen LogP contribution in [0.5, 0.6) is 11.5 Å². The van der Waals surface area contributed by atoms with Crippen molar-refractivity contribution in [2.75, 3.05) is 25.1 Å². The van der Waals surface area contributed by atoms with E-state index < -0.39 is 24.5 Å². The molecule has 2 aromatic carbocycles. The molecule has 1 heterocycles. The topological polar surface area (TPSA) is 103 Å². The van der Waals surface area contributed by atoms with E-state index >= 15 is 0 Å². The summed E-state index contributed by atoms with van der Waals surface area (Å²) < 4.78 is 15.6. The highest BCUT2D eigenvalue weighted by Crippen LogP contribution is 2.32. The van der Waals surface area contributed by atoms with Gasteiger partial charge in [-0.25, -0.2) is 9.59 Å². The molecule has 3 rings (SSSR count). The molecule has 2 aromatic rings. The lowest BCUT2D eigenvalue weighted by atomic mass is 10.2. The maximum Gasteiger partial charge on any atom is 0.331 e. The van der Waals surface area contributed by atoms with Crippen LogP contribution < -0.4 is 20.1 Å². The van der Waals surface area contributed by atoms with Crippen molar-refractivity contribution in [2.45, 2.75) is 0 Å². The molecule has 8 nitrogen and oxygen atoms in total. The fourth-order valence-corrected chi connectivity index (χ4v) is 2.60.